The van der Waals surface area contributed by atoms with Crippen LogP contribution in [0.2, 0.25) is 0 Å². The Morgan fingerprint density at radius 3 is 2.06 bits per heavy atom. The van der Waals surface area contributed by atoms with Crippen LogP contribution < -0.4 is 9.30 Å². The molecule has 314 valence electrons. The number of fused-ring (bicyclic) bond motifs is 4. The molecule has 0 saturated carbocycles. The van der Waals surface area contributed by atoms with Crippen molar-refractivity contribution in [3.05, 3.63) is 194 Å². The summed E-state index contributed by atoms with van der Waals surface area (Å²) in [6.07, 6.45) is 5.42. The number of benzene rings is 6. The molecule has 6 nitrogen and oxygen atoms in total. The summed E-state index contributed by atoms with van der Waals surface area (Å²) in [6, 6.07) is 58.6. The summed E-state index contributed by atoms with van der Waals surface area (Å²) in [5, 5.41) is 1.99. The largest absolute Gasteiger partial charge is 0.522 e. The topological polar surface area (TPSA) is 48.8 Å². The molecule has 0 aliphatic rings. The molecule has 0 unspecified atom stereocenters. The molecule has 6 aromatic carbocycles. The minimum atomic E-state index is -1.61. The van der Waals surface area contributed by atoms with E-state index >= 15 is 0 Å². The van der Waals surface area contributed by atoms with E-state index in [4.69, 9.17) is 17.4 Å². The molecule has 4 aromatic heterocycles. The Kier molecular flexibility index (Phi) is 10.3. The number of hydrogen-bond acceptors (Lipinski definition) is 3. The van der Waals surface area contributed by atoms with E-state index in [0.29, 0.717) is 28.7 Å². The maximum atomic E-state index is 9.08. The molecular weight excluding hydrogens is 954 g/mol. The van der Waals surface area contributed by atoms with Gasteiger partial charge in [0.25, 0.3) is 6.33 Å². The quantitative estimate of drug-likeness (QED) is 0.113. The van der Waals surface area contributed by atoms with Crippen molar-refractivity contribution in [3.8, 4) is 51.1 Å². The Balaban J connectivity index is 0.00000533. The molecule has 4 heterocycles. The molecule has 0 aliphatic carbocycles. The van der Waals surface area contributed by atoms with Gasteiger partial charge < -0.3 is 9.30 Å². The zero-order valence-electron chi connectivity index (χ0n) is 38.0. The van der Waals surface area contributed by atoms with Crippen molar-refractivity contribution >= 4 is 32.8 Å². The molecule has 0 aliphatic heterocycles. The molecule has 0 N–H and O–H groups in total. The summed E-state index contributed by atoms with van der Waals surface area (Å²) in [5.74, 6) is 2.07. The van der Waals surface area contributed by atoms with Gasteiger partial charge in [-0.2, -0.15) is 18.2 Å². The molecule has 0 radical (unpaired) electrons. The third-order valence-corrected chi connectivity index (χ3v) is 11.1. The zero-order chi connectivity index (χ0) is 44.4. The van der Waals surface area contributed by atoms with Crippen LogP contribution in [0.25, 0.3) is 72.4 Å². The second kappa shape index (κ2) is 16.6. The first-order chi connectivity index (χ1) is 30.7. The smallest absolute Gasteiger partial charge is 0.269 e. The normalized spacial score (nSPS) is 12.6. The molecule has 10 rings (SSSR count). The van der Waals surface area contributed by atoms with E-state index < -0.39 is 11.8 Å². The summed E-state index contributed by atoms with van der Waals surface area (Å²) in [7, 11) is 0. The number of aromatic nitrogens is 5. The first-order valence-electron chi connectivity index (χ1n) is 22.0. The summed E-state index contributed by atoms with van der Waals surface area (Å²) in [5.41, 5.74) is 10.1. The van der Waals surface area contributed by atoms with Crippen LogP contribution in [-0.4, -0.2) is 19.1 Å². The number of nitrogens with zero attached hydrogens (tertiary/aromatic N) is 5. The fourth-order valence-corrected chi connectivity index (χ4v) is 8.11. The van der Waals surface area contributed by atoms with Crippen LogP contribution in [0, 0.1) is 23.9 Å². The fraction of sp³-hybridized carbons (Fsp3) is 0.161. The summed E-state index contributed by atoms with van der Waals surface area (Å²) in [6.45, 7) is 12.5. The second-order valence-corrected chi connectivity index (χ2v) is 17.8. The molecule has 0 amide bonds. The van der Waals surface area contributed by atoms with Crippen LogP contribution in [0.4, 0.5) is 0 Å². The van der Waals surface area contributed by atoms with Crippen molar-refractivity contribution in [2.24, 2.45) is 5.41 Å². The average molecular weight is 1000 g/mol. The number of ether oxygens (including phenoxy) is 1. The molecule has 0 bridgehead atoms. The van der Waals surface area contributed by atoms with Gasteiger partial charge in [0.1, 0.15) is 5.82 Å². The van der Waals surface area contributed by atoms with Gasteiger partial charge in [-0.15, -0.1) is 17.5 Å². The Labute approximate surface area is 386 Å². The van der Waals surface area contributed by atoms with E-state index in [1.54, 1.807) is 24.5 Å². The van der Waals surface area contributed by atoms with Crippen LogP contribution in [0.5, 0.6) is 11.5 Å². The van der Waals surface area contributed by atoms with E-state index in [2.05, 4.69) is 135 Å². The number of rotatable bonds is 8. The number of hydrogen-bond donors (Lipinski definition) is 0. The molecule has 0 saturated heterocycles. The van der Waals surface area contributed by atoms with E-state index in [9.17, 15) is 0 Å². The third kappa shape index (κ3) is 8.36. The molecule has 10 aromatic rings. The van der Waals surface area contributed by atoms with E-state index in [1.165, 1.54) is 5.56 Å². The van der Waals surface area contributed by atoms with E-state index in [-0.39, 0.29) is 26.5 Å². The zero-order valence-corrected chi connectivity index (χ0v) is 38.3. The van der Waals surface area contributed by atoms with E-state index in [0.717, 1.165) is 60.8 Å². The third-order valence-electron chi connectivity index (χ3n) is 11.1. The van der Waals surface area contributed by atoms with Crippen molar-refractivity contribution in [2.45, 2.75) is 53.3 Å². The van der Waals surface area contributed by atoms with Gasteiger partial charge in [-0.05, 0) is 92.1 Å². The molecule has 0 fully saturated rings. The van der Waals surface area contributed by atoms with Gasteiger partial charge in [0.15, 0.2) is 0 Å². The fourth-order valence-electron chi connectivity index (χ4n) is 8.11. The number of para-hydroxylation sites is 2. The standard InChI is InChI=1S/C56H47N5O.Pt/c1-55(2,3)36-38-25-27-58-54(29-38)61-49-24-21-41(39-15-9-7-10-16-39)32-48(49)47-23-22-45(34-52(47)61)62-46-26-28-57-53(35-46)60-37-59(50-19-13-14-20-51(50)60)44-31-42(40-17-11-8-12-18-40)30-43(33-44)56(4,5)6;/h7-33H,36H2,1-6H3;/q-2;/i36D2;. The van der Waals surface area contributed by atoms with Gasteiger partial charge in [0.05, 0.1) is 22.5 Å². The summed E-state index contributed by atoms with van der Waals surface area (Å²) < 4.78 is 30.8. The average Bonchev–Trinajstić information content (AvgIpc) is 3.85. The van der Waals surface area contributed by atoms with Crippen LogP contribution >= 0.6 is 0 Å². The molecule has 0 spiro atoms. The van der Waals surface area contributed by atoms with Crippen molar-refractivity contribution < 1.29 is 33.1 Å². The Bertz CT molecular complexity index is 3370. The minimum Gasteiger partial charge on any atom is -0.522 e. The Hall–Kier alpha value is -6.62. The molecule has 63 heavy (non-hydrogen) atoms. The van der Waals surface area contributed by atoms with Crippen molar-refractivity contribution in [1.82, 2.24) is 19.1 Å². The van der Waals surface area contributed by atoms with Gasteiger partial charge in [-0.1, -0.05) is 156 Å². The van der Waals surface area contributed by atoms with E-state index in [1.807, 2.05) is 78.4 Å². The summed E-state index contributed by atoms with van der Waals surface area (Å²) >= 11 is 0. The van der Waals surface area contributed by atoms with Crippen LogP contribution in [-0.2, 0) is 32.9 Å². The van der Waals surface area contributed by atoms with Gasteiger partial charge in [0, 0.05) is 41.3 Å². The van der Waals surface area contributed by atoms with Gasteiger partial charge >= 0.3 is 0 Å². The first kappa shape index (κ1) is 39.2. The first-order valence-corrected chi connectivity index (χ1v) is 21.0. The number of imidazole rings is 1. The van der Waals surface area contributed by atoms with Crippen molar-refractivity contribution in [2.75, 3.05) is 0 Å². The molecule has 0 atom stereocenters. The maximum absolute atomic E-state index is 9.08. The number of pyridine rings is 2. The minimum absolute atomic E-state index is 0. The van der Waals surface area contributed by atoms with Gasteiger partial charge in [0.2, 0.25) is 0 Å². The van der Waals surface area contributed by atoms with Gasteiger partial charge in [-0.3, -0.25) is 14.1 Å². The predicted molar refractivity (Wildman–Crippen MR) is 250 cm³/mol. The van der Waals surface area contributed by atoms with Crippen molar-refractivity contribution in [1.29, 1.82) is 0 Å². The maximum Gasteiger partial charge on any atom is 0.269 e. The van der Waals surface area contributed by atoms with Gasteiger partial charge in [-0.25, -0.2) is 4.98 Å². The summed E-state index contributed by atoms with van der Waals surface area (Å²) in [4.78, 5) is 9.59. The Morgan fingerprint density at radius 1 is 0.619 bits per heavy atom. The van der Waals surface area contributed by atoms with Crippen LogP contribution in [0.1, 0.15) is 55.4 Å². The SMILES string of the molecule is [2H]C([2H])(c1ccnc(-n2c3[c-]c(Oc4[c-]c(-n5[c-][n+](-c6cc(-c7ccccc7)cc(C(C)(C)C)c6)c6ccccc65)ncc4)ccc3c3cc(-c4ccccc4)ccc32)c1)C(C)(C)C.[Pt]. The van der Waals surface area contributed by atoms with Crippen LogP contribution in [0.15, 0.2) is 164 Å². The van der Waals surface area contributed by atoms with Crippen molar-refractivity contribution in [3.63, 3.8) is 0 Å². The van der Waals surface area contributed by atoms with Crippen LogP contribution in [0.3, 0.4) is 0 Å². The Morgan fingerprint density at radius 2 is 1.32 bits per heavy atom. The molecular formula is C56H47N5OPt-2. The second-order valence-electron chi connectivity index (χ2n) is 17.8. The predicted octanol–water partition coefficient (Wildman–Crippen LogP) is 13.2. The monoisotopic (exact) mass is 1000 g/mol. The molecule has 7 heteroatoms.